The van der Waals surface area contributed by atoms with Crippen LogP contribution in [0, 0.1) is 0 Å². The van der Waals surface area contributed by atoms with Crippen molar-refractivity contribution in [1.29, 1.82) is 0 Å². The van der Waals surface area contributed by atoms with E-state index in [-0.39, 0.29) is 12.6 Å². The minimum atomic E-state index is -2.77. The SMILES string of the molecule is C=C(C)C(=O)OCC[Si](OCCC)(OCCC)OCCC. The van der Waals surface area contributed by atoms with Crippen molar-refractivity contribution >= 4 is 14.8 Å². The summed E-state index contributed by atoms with van der Waals surface area (Å²) in [6.45, 7) is 13.3. The molecule has 0 N–H and O–H groups in total. The maximum Gasteiger partial charge on any atom is 0.504 e. The lowest BCUT2D eigenvalue weighted by molar-refractivity contribution is -0.138. The molecule has 0 amide bonds. The zero-order chi connectivity index (χ0) is 16.1. The van der Waals surface area contributed by atoms with E-state index in [1.807, 2.05) is 20.8 Å². The third kappa shape index (κ3) is 9.03. The number of esters is 1. The van der Waals surface area contributed by atoms with Gasteiger partial charge in [0.25, 0.3) is 0 Å². The molecule has 0 aliphatic heterocycles. The molecule has 0 saturated heterocycles. The van der Waals surface area contributed by atoms with Gasteiger partial charge in [-0.3, -0.25) is 0 Å². The van der Waals surface area contributed by atoms with Gasteiger partial charge >= 0.3 is 14.8 Å². The van der Waals surface area contributed by atoms with Gasteiger partial charge in [0.2, 0.25) is 0 Å². The Kier molecular flexibility index (Phi) is 11.5. The van der Waals surface area contributed by atoms with E-state index in [0.29, 0.717) is 31.4 Å². The van der Waals surface area contributed by atoms with E-state index in [0.717, 1.165) is 19.3 Å². The monoisotopic (exact) mass is 318 g/mol. The van der Waals surface area contributed by atoms with Crippen LogP contribution in [0.1, 0.15) is 47.0 Å². The van der Waals surface area contributed by atoms with Gasteiger partial charge in [0.1, 0.15) is 0 Å². The van der Waals surface area contributed by atoms with Crippen LogP contribution in [0.4, 0.5) is 0 Å². The molecule has 0 aromatic heterocycles. The molecule has 0 aliphatic carbocycles. The first-order valence-corrected chi connectivity index (χ1v) is 9.69. The Labute approximate surface area is 130 Å². The van der Waals surface area contributed by atoms with Gasteiger partial charge in [-0.2, -0.15) is 0 Å². The van der Waals surface area contributed by atoms with Crippen molar-refractivity contribution in [2.24, 2.45) is 0 Å². The first kappa shape index (κ1) is 20.3. The summed E-state index contributed by atoms with van der Waals surface area (Å²) in [6.07, 6.45) is 2.68. The van der Waals surface area contributed by atoms with E-state index < -0.39 is 8.80 Å². The van der Waals surface area contributed by atoms with E-state index in [4.69, 9.17) is 18.0 Å². The molecule has 0 aromatic carbocycles. The number of rotatable bonds is 13. The van der Waals surface area contributed by atoms with Crippen molar-refractivity contribution in [1.82, 2.24) is 0 Å². The number of ether oxygens (including phenoxy) is 1. The van der Waals surface area contributed by atoms with Gasteiger partial charge in [-0.15, -0.1) is 0 Å². The molecule has 0 heterocycles. The predicted octanol–water partition coefficient (Wildman–Crippen LogP) is 3.32. The van der Waals surface area contributed by atoms with Gasteiger partial charge in [0, 0.05) is 25.4 Å². The molecule has 0 bridgehead atoms. The lowest BCUT2D eigenvalue weighted by Crippen LogP contribution is -2.47. The summed E-state index contributed by atoms with van der Waals surface area (Å²) in [5.41, 5.74) is 0.390. The average Bonchev–Trinajstić information content (AvgIpc) is 2.48. The Morgan fingerprint density at radius 3 is 1.67 bits per heavy atom. The minimum absolute atomic E-state index is 0.231. The molecular weight excluding hydrogens is 288 g/mol. The summed E-state index contributed by atoms with van der Waals surface area (Å²) in [5.74, 6) is -0.389. The number of carbonyl (C=O) groups is 1. The highest BCUT2D eigenvalue weighted by atomic mass is 28.4. The molecule has 124 valence electrons. The largest absolute Gasteiger partial charge is 0.504 e. The normalized spacial score (nSPS) is 11.4. The van der Waals surface area contributed by atoms with Gasteiger partial charge in [0.05, 0.1) is 12.7 Å². The van der Waals surface area contributed by atoms with Crippen LogP contribution in [-0.4, -0.2) is 41.2 Å². The topological polar surface area (TPSA) is 54.0 Å². The number of hydrogen-bond donors (Lipinski definition) is 0. The van der Waals surface area contributed by atoms with E-state index in [2.05, 4.69) is 6.58 Å². The first-order chi connectivity index (χ1) is 10.0. The van der Waals surface area contributed by atoms with Gasteiger partial charge in [-0.25, -0.2) is 4.79 Å². The highest BCUT2D eigenvalue weighted by Gasteiger charge is 2.41. The molecule has 0 aliphatic rings. The standard InChI is InChI=1S/C15H30O5Si/c1-6-9-18-21(19-10-7-2,20-11-8-3)13-12-17-15(16)14(4)5/h4,6-13H2,1-3,5H3. The molecule has 0 aromatic rings. The molecule has 0 unspecified atom stereocenters. The van der Waals surface area contributed by atoms with Crippen molar-refractivity contribution in [2.45, 2.75) is 53.0 Å². The third-order valence-corrected chi connectivity index (χ3v) is 5.32. The second kappa shape index (κ2) is 11.9. The van der Waals surface area contributed by atoms with Crippen molar-refractivity contribution in [3.63, 3.8) is 0 Å². The summed E-state index contributed by atoms with van der Waals surface area (Å²) < 4.78 is 22.9. The van der Waals surface area contributed by atoms with Gasteiger partial charge in [0.15, 0.2) is 0 Å². The molecule has 6 heteroatoms. The van der Waals surface area contributed by atoms with Crippen LogP contribution in [-0.2, 0) is 22.8 Å². The molecule has 0 spiro atoms. The number of carbonyl (C=O) groups excluding carboxylic acids is 1. The van der Waals surface area contributed by atoms with Crippen LogP contribution in [0.15, 0.2) is 12.2 Å². The fraction of sp³-hybridized carbons (Fsp3) is 0.800. The Bertz CT molecular complexity index is 285. The van der Waals surface area contributed by atoms with Crippen LogP contribution < -0.4 is 0 Å². The molecule has 0 saturated carbocycles. The number of hydrogen-bond acceptors (Lipinski definition) is 5. The average molecular weight is 318 g/mol. The summed E-state index contributed by atoms with van der Waals surface area (Å²) in [7, 11) is -2.77. The molecule has 0 radical (unpaired) electrons. The molecular formula is C15H30O5Si. The highest BCUT2D eigenvalue weighted by Crippen LogP contribution is 2.18. The van der Waals surface area contributed by atoms with E-state index in [9.17, 15) is 4.79 Å². The molecule has 5 nitrogen and oxygen atoms in total. The fourth-order valence-corrected chi connectivity index (χ4v) is 4.09. The van der Waals surface area contributed by atoms with Gasteiger partial charge in [-0.1, -0.05) is 27.4 Å². The summed E-state index contributed by atoms with van der Waals surface area (Å²) in [4.78, 5) is 11.4. The second-order valence-corrected chi connectivity index (χ2v) is 7.63. The second-order valence-electron chi connectivity index (χ2n) is 4.89. The highest BCUT2D eigenvalue weighted by molar-refractivity contribution is 6.60. The lowest BCUT2D eigenvalue weighted by atomic mass is 10.4. The summed E-state index contributed by atoms with van der Waals surface area (Å²) in [6, 6.07) is 0.478. The van der Waals surface area contributed by atoms with Gasteiger partial charge < -0.3 is 18.0 Å². The van der Waals surface area contributed by atoms with Crippen LogP contribution >= 0.6 is 0 Å². The smallest absolute Gasteiger partial charge is 0.462 e. The Morgan fingerprint density at radius 1 is 0.905 bits per heavy atom. The minimum Gasteiger partial charge on any atom is -0.462 e. The van der Waals surface area contributed by atoms with Crippen molar-refractivity contribution in [3.8, 4) is 0 Å². The molecule has 21 heavy (non-hydrogen) atoms. The van der Waals surface area contributed by atoms with Crippen molar-refractivity contribution < 1.29 is 22.8 Å². The van der Waals surface area contributed by atoms with E-state index >= 15 is 0 Å². The van der Waals surface area contributed by atoms with E-state index in [1.54, 1.807) is 6.92 Å². The van der Waals surface area contributed by atoms with Crippen LogP contribution in [0.5, 0.6) is 0 Å². The molecule has 0 atom stereocenters. The Balaban J connectivity index is 4.61. The zero-order valence-electron chi connectivity index (χ0n) is 13.9. The molecule has 0 fully saturated rings. The van der Waals surface area contributed by atoms with Crippen molar-refractivity contribution in [3.05, 3.63) is 12.2 Å². The molecule has 0 rings (SSSR count). The van der Waals surface area contributed by atoms with Crippen molar-refractivity contribution in [2.75, 3.05) is 26.4 Å². The summed E-state index contributed by atoms with van der Waals surface area (Å²) in [5, 5.41) is 0. The maximum atomic E-state index is 11.4. The Morgan fingerprint density at radius 2 is 1.33 bits per heavy atom. The van der Waals surface area contributed by atoms with Gasteiger partial charge in [-0.05, 0) is 26.2 Å². The zero-order valence-corrected chi connectivity index (χ0v) is 14.9. The third-order valence-electron chi connectivity index (χ3n) is 2.57. The van der Waals surface area contributed by atoms with Crippen LogP contribution in [0.25, 0.3) is 0 Å². The van der Waals surface area contributed by atoms with E-state index in [1.165, 1.54) is 0 Å². The fourth-order valence-electron chi connectivity index (χ4n) is 1.51. The quantitative estimate of drug-likeness (QED) is 0.296. The lowest BCUT2D eigenvalue weighted by Gasteiger charge is -2.29. The predicted molar refractivity (Wildman–Crippen MR) is 85.1 cm³/mol. The summed E-state index contributed by atoms with van der Waals surface area (Å²) >= 11 is 0. The van der Waals surface area contributed by atoms with Crippen LogP contribution in [0.2, 0.25) is 6.04 Å². The maximum absolute atomic E-state index is 11.4. The van der Waals surface area contributed by atoms with Crippen LogP contribution in [0.3, 0.4) is 0 Å². The first-order valence-electron chi connectivity index (χ1n) is 7.75. The Hall–Kier alpha value is -0.693.